The monoisotopic (exact) mass is 441 g/mol. The molecule has 0 spiro atoms. The van der Waals surface area contributed by atoms with Gasteiger partial charge in [-0.15, -0.1) is 0 Å². The lowest BCUT2D eigenvalue weighted by atomic mass is 10.00. The van der Waals surface area contributed by atoms with E-state index in [1.54, 1.807) is 0 Å². The first-order chi connectivity index (χ1) is 14.5. The number of rotatable bonds is 11. The molecule has 2 aromatic rings. The van der Waals surface area contributed by atoms with Crippen LogP contribution in [0.1, 0.15) is 57.7 Å². The summed E-state index contributed by atoms with van der Waals surface area (Å²) in [6, 6.07) is 20.6. The lowest BCUT2D eigenvalue weighted by molar-refractivity contribution is -0.138. The molecule has 0 amide bonds. The minimum absolute atomic E-state index is 0.0960. The Bertz CT molecular complexity index is 802. The Morgan fingerprint density at radius 3 is 2.10 bits per heavy atom. The van der Waals surface area contributed by atoms with Gasteiger partial charge >= 0.3 is 5.97 Å². The van der Waals surface area contributed by atoms with E-state index in [9.17, 15) is 9.90 Å². The Hall–Kier alpha value is -1.95. The molecule has 0 saturated heterocycles. The van der Waals surface area contributed by atoms with Crippen molar-refractivity contribution in [3.05, 3.63) is 71.8 Å². The van der Waals surface area contributed by atoms with Crippen LogP contribution in [0.5, 0.6) is 0 Å². The van der Waals surface area contributed by atoms with Gasteiger partial charge in [0.05, 0.1) is 6.42 Å². The molecule has 0 aliphatic rings. The molecule has 0 bridgehead atoms. The molecule has 5 heteroatoms. The van der Waals surface area contributed by atoms with Gasteiger partial charge in [-0.25, -0.2) is 0 Å². The molecule has 2 atom stereocenters. The summed E-state index contributed by atoms with van der Waals surface area (Å²) in [5.41, 5.74) is 2.38. The van der Waals surface area contributed by atoms with Crippen LogP contribution in [0, 0.1) is 0 Å². The van der Waals surface area contributed by atoms with Crippen molar-refractivity contribution in [1.29, 1.82) is 0 Å². The maximum absolute atomic E-state index is 11.8. The molecule has 0 aliphatic heterocycles. The van der Waals surface area contributed by atoms with Crippen LogP contribution in [0.3, 0.4) is 0 Å². The maximum atomic E-state index is 11.8. The topological polar surface area (TPSA) is 49.8 Å². The van der Waals surface area contributed by atoms with Crippen molar-refractivity contribution in [3.63, 3.8) is 0 Å². The molecule has 0 heterocycles. The second-order valence-corrected chi connectivity index (χ2v) is 14.7. The first-order valence-electron chi connectivity index (χ1n) is 11.2. The lowest BCUT2D eigenvalue weighted by Crippen LogP contribution is -2.43. The smallest absolute Gasteiger partial charge is 0.304 e. The fraction of sp³-hybridized carbons (Fsp3) is 0.500. The Labute approximate surface area is 189 Å². The zero-order chi connectivity index (χ0) is 23.1. The zero-order valence-electron chi connectivity index (χ0n) is 20.0. The molecular weight excluding hydrogens is 402 g/mol. The van der Waals surface area contributed by atoms with Crippen LogP contribution in [0.15, 0.2) is 60.7 Å². The van der Waals surface area contributed by atoms with Gasteiger partial charge in [0.15, 0.2) is 8.32 Å². The quantitative estimate of drug-likeness (QED) is 0.404. The molecule has 0 unspecified atom stereocenters. The van der Waals surface area contributed by atoms with E-state index in [1.165, 1.54) is 11.1 Å². The van der Waals surface area contributed by atoms with Crippen LogP contribution in [-0.4, -0.2) is 36.9 Å². The molecule has 0 fully saturated rings. The molecular formula is C26H39NO3Si. The van der Waals surface area contributed by atoms with E-state index >= 15 is 0 Å². The minimum atomic E-state index is -1.88. The Morgan fingerprint density at radius 1 is 1.03 bits per heavy atom. The molecule has 2 rings (SSSR count). The summed E-state index contributed by atoms with van der Waals surface area (Å²) in [4.78, 5) is 14.1. The first-order valence-corrected chi connectivity index (χ1v) is 14.1. The van der Waals surface area contributed by atoms with Crippen LogP contribution < -0.4 is 0 Å². The van der Waals surface area contributed by atoms with E-state index in [0.29, 0.717) is 19.6 Å². The van der Waals surface area contributed by atoms with Gasteiger partial charge < -0.3 is 9.53 Å². The predicted molar refractivity (Wildman–Crippen MR) is 131 cm³/mol. The van der Waals surface area contributed by atoms with Crippen LogP contribution in [0.2, 0.25) is 18.1 Å². The van der Waals surface area contributed by atoms with E-state index in [2.05, 4.69) is 70.0 Å². The van der Waals surface area contributed by atoms with E-state index < -0.39 is 14.3 Å². The SMILES string of the molecule is C[C@H](c1ccccc1)N(Cc1ccccc1)[C@H](CCO[Si](C)(C)C(C)(C)C)CC(=O)O. The fourth-order valence-corrected chi connectivity index (χ4v) is 4.61. The van der Waals surface area contributed by atoms with Crippen molar-refractivity contribution in [2.24, 2.45) is 0 Å². The highest BCUT2D eigenvalue weighted by molar-refractivity contribution is 6.74. The van der Waals surface area contributed by atoms with Crippen molar-refractivity contribution in [3.8, 4) is 0 Å². The van der Waals surface area contributed by atoms with Gasteiger partial charge in [0, 0.05) is 25.2 Å². The molecule has 31 heavy (non-hydrogen) atoms. The predicted octanol–water partition coefficient (Wildman–Crippen LogP) is 6.51. The van der Waals surface area contributed by atoms with E-state index in [1.807, 2.05) is 36.4 Å². The fourth-order valence-electron chi connectivity index (χ4n) is 3.55. The largest absolute Gasteiger partial charge is 0.481 e. The number of hydrogen-bond donors (Lipinski definition) is 1. The number of benzene rings is 2. The molecule has 0 radical (unpaired) electrons. The molecule has 0 aromatic heterocycles. The summed E-state index contributed by atoms with van der Waals surface area (Å²) >= 11 is 0. The maximum Gasteiger partial charge on any atom is 0.304 e. The van der Waals surface area contributed by atoms with Crippen LogP contribution in [-0.2, 0) is 15.8 Å². The van der Waals surface area contributed by atoms with Gasteiger partial charge in [-0.2, -0.15) is 0 Å². The zero-order valence-corrected chi connectivity index (χ0v) is 21.0. The van der Waals surface area contributed by atoms with Crippen LogP contribution in [0.4, 0.5) is 0 Å². The number of aliphatic carboxylic acids is 1. The standard InChI is InChI=1S/C26H39NO3Si/c1-21(23-15-11-8-12-16-23)27(20-22-13-9-7-10-14-22)24(19-25(28)29)17-18-30-31(5,6)26(2,3)4/h7-16,21,24H,17-20H2,1-6H3,(H,28,29)/t21-,24-/m1/s1. The van der Waals surface area contributed by atoms with Crippen molar-refractivity contribution in [2.75, 3.05) is 6.61 Å². The number of nitrogens with zero attached hydrogens (tertiary/aromatic N) is 1. The Balaban J connectivity index is 2.26. The highest BCUT2D eigenvalue weighted by atomic mass is 28.4. The third kappa shape index (κ3) is 7.60. The number of hydrogen-bond acceptors (Lipinski definition) is 3. The molecule has 170 valence electrons. The summed E-state index contributed by atoms with van der Waals surface area (Å²) in [6.45, 7) is 14.6. The van der Waals surface area contributed by atoms with Crippen LogP contribution in [0.25, 0.3) is 0 Å². The number of carboxylic acid groups (broad SMARTS) is 1. The first kappa shape index (κ1) is 25.3. The molecule has 0 saturated carbocycles. The van der Waals surface area contributed by atoms with Crippen LogP contribution >= 0.6 is 0 Å². The highest BCUT2D eigenvalue weighted by Crippen LogP contribution is 2.37. The van der Waals surface area contributed by atoms with Crippen molar-refractivity contribution < 1.29 is 14.3 Å². The summed E-state index contributed by atoms with van der Waals surface area (Å²) in [7, 11) is -1.88. The van der Waals surface area contributed by atoms with Crippen molar-refractivity contribution >= 4 is 14.3 Å². The second-order valence-electron chi connectivity index (χ2n) is 9.89. The molecule has 4 nitrogen and oxygen atoms in total. The van der Waals surface area contributed by atoms with Gasteiger partial charge in [-0.3, -0.25) is 9.69 Å². The average molecular weight is 442 g/mol. The normalized spacial score (nSPS) is 14.4. The van der Waals surface area contributed by atoms with E-state index in [4.69, 9.17) is 4.43 Å². The van der Waals surface area contributed by atoms with E-state index in [-0.39, 0.29) is 23.5 Å². The third-order valence-electron chi connectivity index (χ3n) is 6.59. The molecule has 0 aliphatic carbocycles. The average Bonchev–Trinajstić information content (AvgIpc) is 2.71. The van der Waals surface area contributed by atoms with Gasteiger partial charge in [0.25, 0.3) is 0 Å². The van der Waals surface area contributed by atoms with E-state index in [0.717, 1.165) is 0 Å². The Morgan fingerprint density at radius 2 is 1.58 bits per heavy atom. The summed E-state index contributed by atoms with van der Waals surface area (Å²) in [6.07, 6.45) is 0.799. The third-order valence-corrected chi connectivity index (χ3v) is 11.1. The highest BCUT2D eigenvalue weighted by Gasteiger charge is 2.37. The summed E-state index contributed by atoms with van der Waals surface area (Å²) in [5.74, 6) is -0.768. The second kappa shape index (κ2) is 11.1. The number of carbonyl (C=O) groups is 1. The van der Waals surface area contributed by atoms with Gasteiger partial charge in [0.1, 0.15) is 0 Å². The molecule has 2 aromatic carbocycles. The summed E-state index contributed by atoms with van der Waals surface area (Å²) in [5, 5.41) is 9.82. The van der Waals surface area contributed by atoms with Crippen molar-refractivity contribution in [2.45, 2.75) is 77.3 Å². The van der Waals surface area contributed by atoms with Gasteiger partial charge in [-0.1, -0.05) is 81.4 Å². The summed E-state index contributed by atoms with van der Waals surface area (Å²) < 4.78 is 6.41. The molecule has 1 N–H and O–H groups in total. The minimum Gasteiger partial charge on any atom is -0.481 e. The van der Waals surface area contributed by atoms with Gasteiger partial charge in [-0.05, 0) is 42.6 Å². The number of carboxylic acids is 1. The van der Waals surface area contributed by atoms with Gasteiger partial charge in [0.2, 0.25) is 0 Å². The lowest BCUT2D eigenvalue weighted by Gasteiger charge is -2.39. The Kier molecular flexibility index (Phi) is 9.04. The van der Waals surface area contributed by atoms with Crippen molar-refractivity contribution in [1.82, 2.24) is 4.90 Å².